The van der Waals surface area contributed by atoms with Crippen LogP contribution in [0, 0.1) is 17.6 Å². The second-order valence-electron chi connectivity index (χ2n) is 13.7. The van der Waals surface area contributed by atoms with Crippen LogP contribution in [-0.2, 0) is 34.7 Å². The van der Waals surface area contributed by atoms with Crippen molar-refractivity contribution in [1.82, 2.24) is 20.2 Å². The molecule has 1 fully saturated rings. The van der Waals surface area contributed by atoms with Gasteiger partial charge in [-0.2, -0.15) is 4.36 Å². The molecular formula is C36H43F2N7O8S. The van der Waals surface area contributed by atoms with Crippen LogP contribution < -0.4 is 25.8 Å². The van der Waals surface area contributed by atoms with Crippen LogP contribution in [0.1, 0.15) is 52.0 Å². The van der Waals surface area contributed by atoms with Crippen molar-refractivity contribution >= 4 is 45.1 Å². The normalized spacial score (nSPS) is 19.1. The average Bonchev–Trinajstić information content (AvgIpc) is 3.57. The molecule has 0 saturated carbocycles. The van der Waals surface area contributed by atoms with E-state index >= 15 is 4.39 Å². The molecule has 18 heteroatoms. The third-order valence-electron chi connectivity index (χ3n) is 8.78. The highest BCUT2D eigenvalue weighted by atomic mass is 32.2. The average molecular weight is 772 g/mol. The molecule has 15 nitrogen and oxygen atoms in total. The third kappa shape index (κ3) is 10.0. The van der Waals surface area contributed by atoms with Crippen LogP contribution in [0.5, 0.6) is 11.5 Å². The Labute approximate surface area is 311 Å². The molecule has 3 heterocycles. The number of carbonyl (C=O) groups excluding carboxylic acids is 3. The monoisotopic (exact) mass is 771 g/mol. The van der Waals surface area contributed by atoms with E-state index in [0.717, 1.165) is 12.3 Å². The first-order valence-electron chi connectivity index (χ1n) is 17.3. The van der Waals surface area contributed by atoms with Crippen molar-refractivity contribution < 1.29 is 46.7 Å². The first-order chi connectivity index (χ1) is 25.5. The largest absolute Gasteiger partial charge is 0.493 e. The van der Waals surface area contributed by atoms with E-state index < -0.39 is 81.6 Å². The summed E-state index contributed by atoms with van der Waals surface area (Å²) in [7, 11) is -3.28. The van der Waals surface area contributed by atoms with Gasteiger partial charge >= 0.3 is 5.97 Å². The summed E-state index contributed by atoms with van der Waals surface area (Å²) in [6, 6.07) is 5.15. The highest BCUT2D eigenvalue weighted by Crippen LogP contribution is 2.33. The van der Waals surface area contributed by atoms with Crippen molar-refractivity contribution in [2.75, 3.05) is 24.7 Å². The smallest absolute Gasteiger partial charge is 0.305 e. The van der Waals surface area contributed by atoms with Gasteiger partial charge in [0.2, 0.25) is 17.8 Å². The number of benzene rings is 2. The Morgan fingerprint density at radius 1 is 1.17 bits per heavy atom. The zero-order chi connectivity index (χ0) is 39.3. The number of nitrogens with two attached hydrogens (primary N) is 1. The number of ether oxygens (including phenoxy) is 2. The minimum Gasteiger partial charge on any atom is -0.493 e. The summed E-state index contributed by atoms with van der Waals surface area (Å²) in [5.74, 6) is -4.92. The molecular weight excluding hydrogens is 728 g/mol. The van der Waals surface area contributed by atoms with Gasteiger partial charge in [-0.15, -0.1) is 0 Å². The van der Waals surface area contributed by atoms with Gasteiger partial charge in [-0.3, -0.25) is 19.2 Å². The fraction of sp³-hybridized carbons (Fsp3) is 0.444. The molecule has 3 amide bonds. The van der Waals surface area contributed by atoms with Gasteiger partial charge < -0.3 is 35.8 Å². The number of nitrogens with zero attached hydrogens (tertiary/aromatic N) is 4. The molecule has 54 heavy (non-hydrogen) atoms. The molecule has 2 aromatic carbocycles. The van der Waals surface area contributed by atoms with Crippen molar-refractivity contribution in [2.24, 2.45) is 16.0 Å². The summed E-state index contributed by atoms with van der Waals surface area (Å²) < 4.78 is 59.1. The van der Waals surface area contributed by atoms with E-state index in [0.29, 0.717) is 29.8 Å². The lowest BCUT2D eigenvalue weighted by Crippen LogP contribution is -2.55. The number of hydrogen-bond donors (Lipinski definition) is 4. The quantitative estimate of drug-likeness (QED) is 0.245. The van der Waals surface area contributed by atoms with Gasteiger partial charge in [-0.1, -0.05) is 13.8 Å². The summed E-state index contributed by atoms with van der Waals surface area (Å²) in [4.78, 5) is 60.4. The number of carboxylic acid groups (broad SMARTS) is 1. The summed E-state index contributed by atoms with van der Waals surface area (Å²) in [5, 5.41) is 14.7. The summed E-state index contributed by atoms with van der Waals surface area (Å²) in [6.07, 6.45) is 2.40. The topological polar surface area (TPSA) is 215 Å². The Bertz CT molecular complexity index is 2060. The highest BCUT2D eigenvalue weighted by molar-refractivity contribution is 7.92. The van der Waals surface area contributed by atoms with Gasteiger partial charge in [0.1, 0.15) is 35.1 Å². The molecule has 2 aliphatic rings. The molecule has 4 bridgehead atoms. The van der Waals surface area contributed by atoms with E-state index in [4.69, 9.17) is 20.3 Å². The Morgan fingerprint density at radius 2 is 1.93 bits per heavy atom. The molecule has 290 valence electrons. The lowest BCUT2D eigenvalue weighted by molar-refractivity contribution is -0.144. The minimum atomic E-state index is -3.28. The number of carbonyl (C=O) groups is 4. The van der Waals surface area contributed by atoms with Gasteiger partial charge in [-0.05, 0) is 55.5 Å². The molecule has 5 rings (SSSR count). The molecule has 0 radical (unpaired) electrons. The maximum absolute atomic E-state index is 15.0. The number of amides is 3. The van der Waals surface area contributed by atoms with Crippen molar-refractivity contribution in [3.63, 3.8) is 0 Å². The summed E-state index contributed by atoms with van der Waals surface area (Å²) in [6.45, 7) is 5.47. The minimum absolute atomic E-state index is 0.00565. The third-order valence-corrected chi connectivity index (χ3v) is 10.2. The van der Waals surface area contributed by atoms with Crippen LogP contribution >= 0.6 is 0 Å². The molecule has 3 aromatic rings. The van der Waals surface area contributed by atoms with Crippen LogP contribution in [0.25, 0.3) is 11.3 Å². The molecule has 1 aromatic heterocycles. The number of aliphatic carboxylic acids is 1. The summed E-state index contributed by atoms with van der Waals surface area (Å²) >= 11 is 0. The first kappa shape index (κ1) is 40.0. The fourth-order valence-corrected chi connectivity index (χ4v) is 7.55. The van der Waals surface area contributed by atoms with Gasteiger partial charge in [0, 0.05) is 42.6 Å². The highest BCUT2D eigenvalue weighted by Gasteiger charge is 2.38. The van der Waals surface area contributed by atoms with Gasteiger partial charge in [0.15, 0.2) is 5.82 Å². The Morgan fingerprint density at radius 3 is 2.65 bits per heavy atom. The number of carboxylic acids is 1. The Kier molecular flexibility index (Phi) is 12.5. The van der Waals surface area contributed by atoms with Crippen LogP contribution in [0.2, 0.25) is 0 Å². The van der Waals surface area contributed by atoms with Crippen molar-refractivity contribution in [3.8, 4) is 22.8 Å². The first-order valence-corrected chi connectivity index (χ1v) is 19.4. The zero-order valence-electron chi connectivity index (χ0n) is 30.2. The number of hydrogen-bond acceptors (Lipinski definition) is 11. The lowest BCUT2D eigenvalue weighted by atomic mass is 10.0. The maximum atomic E-state index is 15.0. The lowest BCUT2D eigenvalue weighted by Gasteiger charge is -2.28. The second kappa shape index (κ2) is 16.8. The van der Waals surface area contributed by atoms with Crippen LogP contribution in [0.3, 0.4) is 0 Å². The maximum Gasteiger partial charge on any atom is 0.305 e. The molecule has 0 spiro atoms. The molecule has 0 aliphatic carbocycles. The van der Waals surface area contributed by atoms with E-state index in [-0.39, 0.29) is 48.3 Å². The molecule has 5 N–H and O–H groups in total. The van der Waals surface area contributed by atoms with Crippen LogP contribution in [0.4, 0.5) is 20.4 Å². The van der Waals surface area contributed by atoms with E-state index in [9.17, 15) is 27.8 Å². The molecule has 5 atom stereocenters. The van der Waals surface area contributed by atoms with Crippen LogP contribution in [-0.4, -0.2) is 91.5 Å². The Balaban J connectivity index is 1.38. The Hall–Kier alpha value is -5.23. The SMILES string of the molecule is CC(C)[C@@H](NC(=O)[C@@H]1CCCN1C(=O)[C@@H](N)CC(=O)O)C(=O)N=[S@](C)(=O)Cc1cc2cc(c1)O[C@H](C)CCOc1cc(F)ccc1-c1nc(ncc1F)N2. The number of nitrogens with one attached hydrogen (secondary N) is 2. The number of rotatable bonds is 9. The predicted molar refractivity (Wildman–Crippen MR) is 194 cm³/mol. The van der Waals surface area contributed by atoms with Crippen molar-refractivity contribution in [1.29, 1.82) is 0 Å². The number of aromatic nitrogens is 2. The van der Waals surface area contributed by atoms with Gasteiger partial charge in [0.05, 0.1) is 46.9 Å². The summed E-state index contributed by atoms with van der Waals surface area (Å²) in [5.41, 5.74) is 6.73. The number of anilines is 2. The fourth-order valence-electron chi connectivity index (χ4n) is 6.21. The molecule has 1 saturated heterocycles. The predicted octanol–water partition coefficient (Wildman–Crippen LogP) is 3.77. The van der Waals surface area contributed by atoms with E-state index in [1.165, 1.54) is 23.3 Å². The number of halogens is 2. The molecule has 0 unspecified atom stereocenters. The standard InChI is InChI=1S/C36H43F2N7O8S/c1-19(2)31(42-33(48)28-6-5-10-45(28)35(50)27(39)16-30(46)47)34(49)44-54(4,51)18-21-12-23-15-24(13-21)53-20(3)9-11-52-29-14-22(37)7-8-25(29)32-26(38)17-40-36(41-23)43-32/h7-8,12-15,17,19-20,27-28,31H,5-6,9-11,16,18,39H2,1-4H3,(H,42,48)(H,46,47)(H,40,41,43)/t20-,27+,28+,31-,54-/m1/s1. The number of fused-ring (bicyclic) bond motifs is 6. The van der Waals surface area contributed by atoms with Gasteiger partial charge in [0.25, 0.3) is 5.91 Å². The molecule has 2 aliphatic heterocycles. The number of likely N-dealkylation sites (tertiary alicyclic amines) is 1. The zero-order valence-corrected chi connectivity index (χ0v) is 31.0. The van der Waals surface area contributed by atoms with E-state index in [1.807, 2.05) is 0 Å². The van der Waals surface area contributed by atoms with E-state index in [1.54, 1.807) is 39.0 Å². The van der Waals surface area contributed by atoms with Crippen molar-refractivity contribution in [2.45, 2.75) is 76.4 Å². The van der Waals surface area contributed by atoms with Crippen molar-refractivity contribution in [3.05, 3.63) is 59.8 Å². The van der Waals surface area contributed by atoms with Crippen LogP contribution in [0.15, 0.2) is 47.0 Å². The second-order valence-corrected chi connectivity index (χ2v) is 16.1. The van der Waals surface area contributed by atoms with E-state index in [2.05, 4.69) is 25.0 Å². The van der Waals surface area contributed by atoms with Gasteiger partial charge in [-0.25, -0.2) is 23.0 Å².